The number of aryl methyl sites for hydroxylation is 2. The lowest BCUT2D eigenvalue weighted by Gasteiger charge is -2.04. The molecule has 0 aliphatic heterocycles. The number of esters is 1. The summed E-state index contributed by atoms with van der Waals surface area (Å²) in [4.78, 5) is 12.3. The number of para-hydroxylation sites is 1. The fraction of sp³-hybridized carbons (Fsp3) is 0.400. The van der Waals surface area contributed by atoms with Gasteiger partial charge in [-0.15, -0.1) is 0 Å². The molecule has 0 fully saturated rings. The second-order valence-electron chi connectivity index (χ2n) is 6.11. The number of ether oxygens (including phenoxy) is 1. The highest BCUT2D eigenvalue weighted by atomic mass is 16.5. The third-order valence-corrected chi connectivity index (χ3v) is 4.23. The molecule has 0 aliphatic carbocycles. The lowest BCUT2D eigenvalue weighted by Crippen LogP contribution is -2.13. The van der Waals surface area contributed by atoms with Crippen molar-refractivity contribution in [3.05, 3.63) is 42.2 Å². The molecule has 0 spiro atoms. The molecule has 0 saturated heterocycles. The highest BCUT2D eigenvalue weighted by Gasteiger charge is 2.19. The van der Waals surface area contributed by atoms with Gasteiger partial charge in [0, 0.05) is 35.8 Å². The highest BCUT2D eigenvalue weighted by molar-refractivity contribution is 5.97. The summed E-state index contributed by atoms with van der Waals surface area (Å²) in [7, 11) is 0. The van der Waals surface area contributed by atoms with Crippen LogP contribution in [0, 0.1) is 0 Å². The molecular weight excluding hydrogens is 314 g/mol. The summed E-state index contributed by atoms with van der Waals surface area (Å²) in [6.07, 6.45) is 4.11. The van der Waals surface area contributed by atoms with Gasteiger partial charge in [0.25, 0.3) is 0 Å². The van der Waals surface area contributed by atoms with Gasteiger partial charge in [0.1, 0.15) is 5.69 Å². The Hall–Kier alpha value is -2.56. The Bertz CT molecular complexity index is 876. The maximum absolute atomic E-state index is 12.3. The zero-order valence-corrected chi connectivity index (χ0v) is 15.2. The number of carbonyl (C=O) groups is 1. The number of aromatic nitrogens is 3. The van der Waals surface area contributed by atoms with E-state index in [1.807, 2.05) is 19.1 Å². The summed E-state index contributed by atoms with van der Waals surface area (Å²) < 4.78 is 9.21. The minimum Gasteiger partial charge on any atom is -0.461 e. The lowest BCUT2D eigenvalue weighted by atomic mass is 10.1. The molecule has 0 radical (unpaired) electrons. The maximum Gasteiger partial charge on any atom is 0.356 e. The van der Waals surface area contributed by atoms with Crippen molar-refractivity contribution in [3.8, 4) is 11.3 Å². The molecule has 0 N–H and O–H groups in total. The molecule has 25 heavy (non-hydrogen) atoms. The van der Waals surface area contributed by atoms with Crippen molar-refractivity contribution in [1.82, 2.24) is 14.3 Å². The highest BCUT2D eigenvalue weighted by Crippen LogP contribution is 2.30. The van der Waals surface area contributed by atoms with Gasteiger partial charge in [0.15, 0.2) is 0 Å². The summed E-state index contributed by atoms with van der Waals surface area (Å²) in [5, 5.41) is 5.86. The number of rotatable bonds is 7. The number of fused-ring (bicyclic) bond motifs is 1. The number of nitrogens with zero attached hydrogens (tertiary/aromatic N) is 3. The van der Waals surface area contributed by atoms with Crippen LogP contribution < -0.4 is 0 Å². The third-order valence-electron chi connectivity index (χ3n) is 4.23. The minimum atomic E-state index is -0.313. The van der Waals surface area contributed by atoms with E-state index in [0.29, 0.717) is 18.8 Å². The first-order chi connectivity index (χ1) is 12.2. The summed E-state index contributed by atoms with van der Waals surface area (Å²) in [6, 6.07) is 10.2. The Kier molecular flexibility index (Phi) is 5.22. The van der Waals surface area contributed by atoms with Gasteiger partial charge in [-0.2, -0.15) is 5.10 Å². The smallest absolute Gasteiger partial charge is 0.356 e. The standard InChI is InChI=1S/C20H25N3O2/c1-4-11-22-14-16(15-9-7-8-10-18(15)22)17-13-19(20(24)25-6-3)23(21-17)12-5-2/h7-10,13-14H,4-6,11-12H2,1-3H3. The van der Waals surface area contributed by atoms with Crippen molar-refractivity contribution in [3.63, 3.8) is 0 Å². The van der Waals surface area contributed by atoms with Crippen LogP contribution in [0.2, 0.25) is 0 Å². The van der Waals surface area contributed by atoms with E-state index in [-0.39, 0.29) is 5.97 Å². The molecule has 132 valence electrons. The van der Waals surface area contributed by atoms with Crippen LogP contribution in [-0.2, 0) is 17.8 Å². The zero-order chi connectivity index (χ0) is 17.8. The van der Waals surface area contributed by atoms with Crippen LogP contribution in [0.25, 0.3) is 22.2 Å². The monoisotopic (exact) mass is 339 g/mol. The normalized spacial score (nSPS) is 11.2. The summed E-state index contributed by atoms with van der Waals surface area (Å²) >= 11 is 0. The van der Waals surface area contributed by atoms with Crippen molar-refractivity contribution < 1.29 is 9.53 Å². The van der Waals surface area contributed by atoms with E-state index in [9.17, 15) is 4.79 Å². The van der Waals surface area contributed by atoms with Gasteiger partial charge in [-0.3, -0.25) is 4.68 Å². The third kappa shape index (κ3) is 3.31. The molecule has 5 nitrogen and oxygen atoms in total. The van der Waals surface area contributed by atoms with Crippen LogP contribution in [0.1, 0.15) is 44.1 Å². The first-order valence-corrected chi connectivity index (χ1v) is 9.02. The molecule has 0 atom stereocenters. The summed E-state index contributed by atoms with van der Waals surface area (Å²) in [5.74, 6) is -0.313. The van der Waals surface area contributed by atoms with Crippen LogP contribution in [0.3, 0.4) is 0 Å². The number of hydrogen-bond acceptors (Lipinski definition) is 3. The van der Waals surface area contributed by atoms with Crippen molar-refractivity contribution in [2.24, 2.45) is 0 Å². The SMILES string of the molecule is CCCn1nc(-c2cn(CCC)c3ccccc23)cc1C(=O)OCC. The first-order valence-electron chi connectivity index (χ1n) is 9.02. The van der Waals surface area contributed by atoms with Crippen LogP contribution >= 0.6 is 0 Å². The van der Waals surface area contributed by atoms with Gasteiger partial charge in [-0.1, -0.05) is 32.0 Å². The largest absolute Gasteiger partial charge is 0.461 e. The van der Waals surface area contributed by atoms with Gasteiger partial charge in [0.05, 0.1) is 12.3 Å². The van der Waals surface area contributed by atoms with Gasteiger partial charge in [0.2, 0.25) is 0 Å². The topological polar surface area (TPSA) is 49.0 Å². The van der Waals surface area contributed by atoms with Crippen LogP contribution in [0.4, 0.5) is 0 Å². The molecule has 0 amide bonds. The Labute approximate surface area is 148 Å². The molecule has 0 saturated carbocycles. The molecule has 3 aromatic rings. The van der Waals surface area contributed by atoms with Gasteiger partial charge < -0.3 is 9.30 Å². The van der Waals surface area contributed by atoms with E-state index >= 15 is 0 Å². The lowest BCUT2D eigenvalue weighted by molar-refractivity contribution is 0.0511. The van der Waals surface area contributed by atoms with Crippen LogP contribution in [-0.4, -0.2) is 26.9 Å². The van der Waals surface area contributed by atoms with Crippen molar-refractivity contribution >= 4 is 16.9 Å². The fourth-order valence-corrected chi connectivity index (χ4v) is 3.18. The van der Waals surface area contributed by atoms with E-state index < -0.39 is 0 Å². The van der Waals surface area contributed by atoms with Crippen LogP contribution in [0.5, 0.6) is 0 Å². The van der Waals surface area contributed by atoms with Gasteiger partial charge >= 0.3 is 5.97 Å². The molecular formula is C20H25N3O2. The van der Waals surface area contributed by atoms with Crippen molar-refractivity contribution in [2.75, 3.05) is 6.61 Å². The minimum absolute atomic E-state index is 0.313. The average molecular weight is 339 g/mol. The van der Waals surface area contributed by atoms with E-state index in [1.54, 1.807) is 4.68 Å². The van der Waals surface area contributed by atoms with Crippen molar-refractivity contribution in [1.29, 1.82) is 0 Å². The first kappa shape index (κ1) is 17.3. The Morgan fingerprint density at radius 1 is 1.12 bits per heavy atom. The molecule has 0 aliphatic rings. The molecule has 2 heterocycles. The molecule has 5 heteroatoms. The predicted molar refractivity (Wildman–Crippen MR) is 99.7 cm³/mol. The number of benzene rings is 1. The van der Waals surface area contributed by atoms with Crippen LogP contribution in [0.15, 0.2) is 36.5 Å². The molecule has 1 aromatic carbocycles. The Balaban J connectivity index is 2.11. The Morgan fingerprint density at radius 2 is 1.88 bits per heavy atom. The quantitative estimate of drug-likeness (QED) is 0.595. The summed E-state index contributed by atoms with van der Waals surface area (Å²) in [5.41, 5.74) is 3.60. The fourth-order valence-electron chi connectivity index (χ4n) is 3.18. The maximum atomic E-state index is 12.3. The second kappa shape index (κ2) is 7.55. The second-order valence-corrected chi connectivity index (χ2v) is 6.11. The summed E-state index contributed by atoms with van der Waals surface area (Å²) in [6.45, 7) is 8.08. The van der Waals surface area contributed by atoms with E-state index in [1.165, 1.54) is 5.52 Å². The van der Waals surface area contributed by atoms with E-state index in [0.717, 1.165) is 36.0 Å². The Morgan fingerprint density at radius 3 is 2.60 bits per heavy atom. The van der Waals surface area contributed by atoms with E-state index in [4.69, 9.17) is 9.84 Å². The van der Waals surface area contributed by atoms with E-state index in [2.05, 4.69) is 42.8 Å². The van der Waals surface area contributed by atoms with Gasteiger partial charge in [-0.25, -0.2) is 4.79 Å². The zero-order valence-electron chi connectivity index (χ0n) is 15.2. The predicted octanol–water partition coefficient (Wildman–Crippen LogP) is 4.50. The number of hydrogen-bond donors (Lipinski definition) is 0. The molecule has 3 rings (SSSR count). The van der Waals surface area contributed by atoms with Crippen molar-refractivity contribution in [2.45, 2.75) is 46.7 Å². The average Bonchev–Trinajstić information content (AvgIpc) is 3.18. The number of carbonyl (C=O) groups excluding carboxylic acids is 1. The molecule has 0 unspecified atom stereocenters. The molecule has 2 aromatic heterocycles. The molecule has 0 bridgehead atoms. The van der Waals surface area contributed by atoms with Gasteiger partial charge in [-0.05, 0) is 31.9 Å².